The van der Waals surface area contributed by atoms with Gasteiger partial charge in [0.15, 0.2) is 0 Å². The summed E-state index contributed by atoms with van der Waals surface area (Å²) in [6.45, 7) is 2.68. The summed E-state index contributed by atoms with van der Waals surface area (Å²) in [6.07, 6.45) is 0.428. The number of carbonyl (C=O) groups excluding carboxylic acids is 2. The van der Waals surface area contributed by atoms with Crippen LogP contribution in [-0.4, -0.2) is 35.1 Å². The van der Waals surface area contributed by atoms with E-state index in [1.165, 1.54) is 11.8 Å². The molecule has 3 aromatic carbocycles. The number of rotatable bonds is 10. The number of benzene rings is 3. The Bertz CT molecular complexity index is 1040. The highest BCUT2D eigenvalue weighted by Gasteiger charge is 2.30. The molecule has 0 fully saturated rings. The largest absolute Gasteiger partial charge is 0.355 e. The van der Waals surface area contributed by atoms with Crippen molar-refractivity contribution in [2.75, 3.05) is 12.3 Å². The number of thioether (sulfide) groups is 1. The van der Waals surface area contributed by atoms with Gasteiger partial charge in [-0.05, 0) is 54.4 Å². The molecule has 2 amide bonds. The van der Waals surface area contributed by atoms with Crippen LogP contribution < -0.4 is 5.32 Å². The normalized spacial score (nSPS) is 11.6. The lowest BCUT2D eigenvalue weighted by atomic mass is 10.0. The fourth-order valence-electron chi connectivity index (χ4n) is 3.39. The highest BCUT2D eigenvalue weighted by atomic mass is 35.5. The SMILES string of the molecule is CCNC(=O)[C@@H](Cc1ccccc1)N(Cc1ccc(Cl)cc1)C(=O)CSc1ccc(Cl)cc1. The molecular formula is C26H26Cl2N2O2S. The Balaban J connectivity index is 1.87. The van der Waals surface area contributed by atoms with E-state index in [-0.39, 0.29) is 17.6 Å². The van der Waals surface area contributed by atoms with E-state index in [0.29, 0.717) is 29.6 Å². The van der Waals surface area contributed by atoms with Crippen LogP contribution >= 0.6 is 35.0 Å². The maximum Gasteiger partial charge on any atom is 0.243 e. The van der Waals surface area contributed by atoms with Crippen LogP contribution in [0.2, 0.25) is 10.0 Å². The minimum absolute atomic E-state index is 0.114. The number of nitrogens with zero attached hydrogens (tertiary/aromatic N) is 1. The van der Waals surface area contributed by atoms with E-state index in [4.69, 9.17) is 23.2 Å². The molecule has 3 aromatic rings. The van der Waals surface area contributed by atoms with Gasteiger partial charge in [0.2, 0.25) is 11.8 Å². The van der Waals surface area contributed by atoms with Gasteiger partial charge < -0.3 is 10.2 Å². The molecular weight excluding hydrogens is 475 g/mol. The smallest absolute Gasteiger partial charge is 0.243 e. The number of halogens is 2. The second kappa shape index (κ2) is 12.7. The Morgan fingerprint density at radius 2 is 1.48 bits per heavy atom. The van der Waals surface area contributed by atoms with Crippen molar-refractivity contribution in [3.63, 3.8) is 0 Å². The minimum Gasteiger partial charge on any atom is -0.355 e. The molecule has 0 aliphatic rings. The number of nitrogens with one attached hydrogen (secondary N) is 1. The van der Waals surface area contributed by atoms with Gasteiger partial charge in [0.1, 0.15) is 6.04 Å². The van der Waals surface area contributed by atoms with Crippen molar-refractivity contribution in [2.45, 2.75) is 30.8 Å². The first kappa shape index (κ1) is 25.2. The topological polar surface area (TPSA) is 49.4 Å². The van der Waals surface area contributed by atoms with Crippen molar-refractivity contribution in [1.82, 2.24) is 10.2 Å². The third kappa shape index (κ3) is 7.81. The van der Waals surface area contributed by atoms with E-state index >= 15 is 0 Å². The summed E-state index contributed by atoms with van der Waals surface area (Å²) < 4.78 is 0. The predicted molar refractivity (Wildman–Crippen MR) is 137 cm³/mol. The van der Waals surface area contributed by atoms with Gasteiger partial charge in [-0.25, -0.2) is 0 Å². The average molecular weight is 501 g/mol. The zero-order chi connectivity index (χ0) is 23.6. The molecule has 0 heterocycles. The molecule has 3 rings (SSSR count). The maximum atomic E-state index is 13.5. The molecule has 0 bridgehead atoms. The van der Waals surface area contributed by atoms with E-state index < -0.39 is 6.04 Å². The number of hydrogen-bond acceptors (Lipinski definition) is 3. The first-order valence-corrected chi connectivity index (χ1v) is 12.4. The molecule has 0 unspecified atom stereocenters. The summed E-state index contributed by atoms with van der Waals surface area (Å²) in [5, 5.41) is 4.17. The van der Waals surface area contributed by atoms with Crippen LogP contribution in [0.5, 0.6) is 0 Å². The Labute approximate surface area is 209 Å². The second-order valence-corrected chi connectivity index (χ2v) is 9.41. The predicted octanol–water partition coefficient (Wildman–Crippen LogP) is 5.86. The van der Waals surface area contributed by atoms with E-state index in [0.717, 1.165) is 16.0 Å². The monoisotopic (exact) mass is 500 g/mol. The van der Waals surface area contributed by atoms with E-state index in [1.807, 2.05) is 61.5 Å². The average Bonchev–Trinajstić information content (AvgIpc) is 2.82. The van der Waals surface area contributed by atoms with Gasteiger partial charge in [-0.15, -0.1) is 11.8 Å². The lowest BCUT2D eigenvalue weighted by Gasteiger charge is -2.31. The van der Waals surface area contributed by atoms with Crippen LogP contribution in [0.3, 0.4) is 0 Å². The number of likely N-dealkylation sites (N-methyl/N-ethyl adjacent to an activating group) is 1. The van der Waals surface area contributed by atoms with Gasteiger partial charge in [0.05, 0.1) is 5.75 Å². The molecule has 7 heteroatoms. The Morgan fingerprint density at radius 1 is 0.879 bits per heavy atom. The summed E-state index contributed by atoms with van der Waals surface area (Å²) in [6, 6.07) is 23.8. The highest BCUT2D eigenvalue weighted by Crippen LogP contribution is 2.23. The maximum absolute atomic E-state index is 13.5. The third-order valence-corrected chi connectivity index (χ3v) is 6.56. The van der Waals surface area contributed by atoms with Crippen LogP contribution in [0.25, 0.3) is 0 Å². The zero-order valence-electron chi connectivity index (χ0n) is 18.3. The van der Waals surface area contributed by atoms with Crippen LogP contribution in [0, 0.1) is 0 Å². The van der Waals surface area contributed by atoms with Crippen molar-refractivity contribution in [2.24, 2.45) is 0 Å². The summed E-state index contributed by atoms with van der Waals surface area (Å²) in [4.78, 5) is 29.2. The molecule has 172 valence electrons. The summed E-state index contributed by atoms with van der Waals surface area (Å²) in [5.74, 6) is -0.0721. The quantitative estimate of drug-likeness (QED) is 0.354. The Hall–Kier alpha value is -2.47. The first-order valence-electron chi connectivity index (χ1n) is 10.7. The summed E-state index contributed by atoms with van der Waals surface area (Å²) in [5.41, 5.74) is 1.90. The van der Waals surface area contributed by atoms with E-state index in [9.17, 15) is 9.59 Å². The van der Waals surface area contributed by atoms with Gasteiger partial charge in [0, 0.05) is 34.5 Å². The third-order valence-electron chi connectivity index (χ3n) is 5.06. The molecule has 0 saturated heterocycles. The lowest BCUT2D eigenvalue weighted by molar-refractivity contribution is -0.139. The van der Waals surface area contributed by atoms with E-state index in [2.05, 4.69) is 5.32 Å². The zero-order valence-corrected chi connectivity index (χ0v) is 20.7. The van der Waals surface area contributed by atoms with Gasteiger partial charge in [0.25, 0.3) is 0 Å². The van der Waals surface area contributed by atoms with Gasteiger partial charge in [-0.3, -0.25) is 9.59 Å². The van der Waals surface area contributed by atoms with Crippen LogP contribution in [0.4, 0.5) is 0 Å². The Kier molecular flexibility index (Phi) is 9.67. The molecule has 0 radical (unpaired) electrons. The molecule has 33 heavy (non-hydrogen) atoms. The molecule has 1 atom stereocenters. The van der Waals surface area contributed by atoms with Crippen LogP contribution in [0.1, 0.15) is 18.1 Å². The van der Waals surface area contributed by atoms with Crippen LogP contribution in [-0.2, 0) is 22.6 Å². The molecule has 0 saturated carbocycles. The van der Waals surface area contributed by atoms with Crippen molar-refractivity contribution in [1.29, 1.82) is 0 Å². The lowest BCUT2D eigenvalue weighted by Crippen LogP contribution is -2.51. The minimum atomic E-state index is -0.638. The standard InChI is InChI=1S/C26H26Cl2N2O2S/c1-2-29-26(32)24(16-19-6-4-3-5-7-19)30(17-20-8-10-21(27)11-9-20)25(31)18-33-23-14-12-22(28)13-15-23/h3-15,24H,2,16-18H2,1H3,(H,29,32)/t24-/m1/s1. The fraction of sp³-hybridized carbons (Fsp3) is 0.231. The van der Waals surface area contributed by atoms with Gasteiger partial charge in [-0.1, -0.05) is 65.7 Å². The first-order chi connectivity index (χ1) is 16.0. The van der Waals surface area contributed by atoms with Crippen molar-refractivity contribution < 1.29 is 9.59 Å². The Morgan fingerprint density at radius 3 is 2.09 bits per heavy atom. The molecule has 0 spiro atoms. The van der Waals surface area contributed by atoms with Crippen LogP contribution in [0.15, 0.2) is 83.8 Å². The fourth-order valence-corrected chi connectivity index (χ4v) is 4.43. The highest BCUT2D eigenvalue weighted by molar-refractivity contribution is 8.00. The second-order valence-electron chi connectivity index (χ2n) is 7.49. The summed E-state index contributed by atoms with van der Waals surface area (Å²) in [7, 11) is 0. The molecule has 1 N–H and O–H groups in total. The van der Waals surface area contributed by atoms with Crippen molar-refractivity contribution in [3.8, 4) is 0 Å². The number of amides is 2. The van der Waals surface area contributed by atoms with E-state index in [1.54, 1.807) is 29.2 Å². The molecule has 0 aromatic heterocycles. The van der Waals surface area contributed by atoms with Crippen molar-refractivity contribution in [3.05, 3.63) is 100 Å². The molecule has 4 nitrogen and oxygen atoms in total. The molecule has 0 aliphatic carbocycles. The molecule has 0 aliphatic heterocycles. The number of hydrogen-bond donors (Lipinski definition) is 1. The number of carbonyl (C=O) groups is 2. The van der Waals surface area contributed by atoms with Gasteiger partial charge in [-0.2, -0.15) is 0 Å². The summed E-state index contributed by atoms with van der Waals surface area (Å²) >= 11 is 13.4. The van der Waals surface area contributed by atoms with Gasteiger partial charge >= 0.3 is 0 Å². The van der Waals surface area contributed by atoms with Crippen molar-refractivity contribution >= 4 is 46.8 Å².